The molecular weight excluding hydrogens is 318 g/mol. The molecule has 0 amide bonds. The average molecular weight is 330 g/mol. The van der Waals surface area contributed by atoms with Crippen molar-refractivity contribution in [1.29, 1.82) is 0 Å². The number of hydrogen-bond donors (Lipinski definition) is 0. The molecule has 1 aromatic heterocycles. The van der Waals surface area contributed by atoms with E-state index in [4.69, 9.17) is 4.74 Å². The van der Waals surface area contributed by atoms with Crippen molar-refractivity contribution < 1.29 is 9.53 Å². The Kier molecular flexibility index (Phi) is 3.32. The van der Waals surface area contributed by atoms with Crippen molar-refractivity contribution in [2.45, 2.75) is 0 Å². The molecule has 0 saturated heterocycles. The van der Waals surface area contributed by atoms with Crippen molar-refractivity contribution in [2.75, 3.05) is 7.11 Å². The summed E-state index contributed by atoms with van der Waals surface area (Å²) in [7, 11) is 1.61. The minimum atomic E-state index is -0.0509. The van der Waals surface area contributed by atoms with Crippen LogP contribution < -0.4 is 4.74 Å². The zero-order valence-electron chi connectivity index (χ0n) is 10.8. The minimum absolute atomic E-state index is 0.0509. The van der Waals surface area contributed by atoms with Gasteiger partial charge in [-0.3, -0.25) is 9.36 Å². The predicted molar refractivity (Wildman–Crippen MR) is 82.4 cm³/mol. The first-order chi connectivity index (χ1) is 9.69. The van der Waals surface area contributed by atoms with Crippen molar-refractivity contribution >= 4 is 32.7 Å². The molecule has 0 radical (unpaired) electrons. The standard InChI is InChI=1S/C16H12BrNO2/c1-20-14-5-2-11(3-6-14)16(19)18-9-8-12-10-13(17)4-7-15(12)18/h2-10H,1H3. The number of hydrogen-bond acceptors (Lipinski definition) is 2. The van der Waals surface area contributed by atoms with Crippen LogP contribution in [-0.2, 0) is 0 Å². The Bertz CT molecular complexity index is 775. The van der Waals surface area contributed by atoms with E-state index < -0.39 is 0 Å². The molecule has 0 spiro atoms. The third-order valence-electron chi connectivity index (χ3n) is 3.21. The number of carbonyl (C=O) groups is 1. The lowest BCUT2D eigenvalue weighted by Gasteiger charge is -2.05. The van der Waals surface area contributed by atoms with Gasteiger partial charge in [0.15, 0.2) is 0 Å². The molecule has 4 heteroatoms. The number of benzene rings is 2. The average Bonchev–Trinajstić information content (AvgIpc) is 2.89. The number of methoxy groups -OCH3 is 1. The topological polar surface area (TPSA) is 31.2 Å². The van der Waals surface area contributed by atoms with E-state index in [-0.39, 0.29) is 5.91 Å². The second-order valence-electron chi connectivity index (χ2n) is 4.42. The van der Waals surface area contributed by atoms with Crippen molar-refractivity contribution in [3.8, 4) is 5.75 Å². The number of nitrogens with zero attached hydrogens (tertiary/aromatic N) is 1. The van der Waals surface area contributed by atoms with Crippen molar-refractivity contribution in [3.63, 3.8) is 0 Å². The summed E-state index contributed by atoms with van der Waals surface area (Å²) in [6, 6.07) is 14.9. The molecule has 0 fully saturated rings. The maximum absolute atomic E-state index is 12.5. The van der Waals surface area contributed by atoms with Gasteiger partial charge in [-0.15, -0.1) is 0 Å². The zero-order valence-corrected chi connectivity index (χ0v) is 12.4. The third-order valence-corrected chi connectivity index (χ3v) is 3.70. The van der Waals surface area contributed by atoms with Crippen molar-refractivity contribution in [3.05, 3.63) is 64.8 Å². The van der Waals surface area contributed by atoms with E-state index >= 15 is 0 Å². The van der Waals surface area contributed by atoms with Gasteiger partial charge < -0.3 is 4.74 Å². The van der Waals surface area contributed by atoms with E-state index in [1.807, 2.05) is 24.3 Å². The van der Waals surface area contributed by atoms with E-state index in [1.54, 1.807) is 42.1 Å². The predicted octanol–water partition coefficient (Wildman–Crippen LogP) is 4.10. The van der Waals surface area contributed by atoms with E-state index in [0.717, 1.165) is 21.1 Å². The summed E-state index contributed by atoms with van der Waals surface area (Å²) in [5.41, 5.74) is 1.53. The largest absolute Gasteiger partial charge is 0.497 e. The molecule has 20 heavy (non-hydrogen) atoms. The SMILES string of the molecule is COc1ccc(C(=O)n2ccc3cc(Br)ccc32)cc1. The monoisotopic (exact) mass is 329 g/mol. The van der Waals surface area contributed by atoms with Crippen LogP contribution in [0.5, 0.6) is 5.75 Å². The summed E-state index contributed by atoms with van der Waals surface area (Å²) >= 11 is 3.43. The maximum Gasteiger partial charge on any atom is 0.262 e. The Morgan fingerprint density at radius 3 is 2.55 bits per heavy atom. The van der Waals surface area contributed by atoms with Crippen LogP contribution in [-0.4, -0.2) is 17.6 Å². The van der Waals surface area contributed by atoms with Gasteiger partial charge in [-0.2, -0.15) is 0 Å². The molecule has 3 nitrogen and oxygen atoms in total. The second kappa shape index (κ2) is 5.13. The number of fused-ring (bicyclic) bond motifs is 1. The van der Waals surface area contributed by atoms with Gasteiger partial charge in [0, 0.05) is 21.6 Å². The fourth-order valence-electron chi connectivity index (χ4n) is 2.16. The van der Waals surface area contributed by atoms with E-state index in [9.17, 15) is 4.79 Å². The van der Waals surface area contributed by atoms with Gasteiger partial charge in [0.25, 0.3) is 5.91 Å². The number of aromatic nitrogens is 1. The number of rotatable bonds is 2. The summed E-state index contributed by atoms with van der Waals surface area (Å²) in [6.45, 7) is 0. The summed E-state index contributed by atoms with van der Waals surface area (Å²) in [5, 5.41) is 1.03. The van der Waals surface area contributed by atoms with E-state index in [1.165, 1.54) is 0 Å². The third kappa shape index (κ3) is 2.23. The van der Waals surface area contributed by atoms with Crippen LogP contribution in [0, 0.1) is 0 Å². The van der Waals surface area contributed by atoms with Crippen LogP contribution in [0.3, 0.4) is 0 Å². The van der Waals surface area contributed by atoms with Crippen LogP contribution in [0.2, 0.25) is 0 Å². The van der Waals surface area contributed by atoms with Gasteiger partial charge in [-0.25, -0.2) is 0 Å². The molecule has 0 aliphatic heterocycles. The molecule has 0 atom stereocenters. The molecule has 3 rings (SSSR count). The Balaban J connectivity index is 2.03. The molecule has 3 aromatic rings. The fraction of sp³-hybridized carbons (Fsp3) is 0.0625. The van der Waals surface area contributed by atoms with Gasteiger partial charge in [0.05, 0.1) is 12.6 Å². The Hall–Kier alpha value is -2.07. The van der Waals surface area contributed by atoms with Gasteiger partial charge in [0.2, 0.25) is 0 Å². The molecule has 100 valence electrons. The van der Waals surface area contributed by atoms with E-state index in [0.29, 0.717) is 5.56 Å². The van der Waals surface area contributed by atoms with Crippen molar-refractivity contribution in [2.24, 2.45) is 0 Å². The van der Waals surface area contributed by atoms with E-state index in [2.05, 4.69) is 15.9 Å². The number of carbonyl (C=O) groups excluding carboxylic acids is 1. The molecule has 0 unspecified atom stereocenters. The lowest BCUT2D eigenvalue weighted by atomic mass is 10.2. The Morgan fingerprint density at radius 2 is 1.85 bits per heavy atom. The summed E-state index contributed by atoms with van der Waals surface area (Å²) in [4.78, 5) is 12.5. The summed E-state index contributed by atoms with van der Waals surface area (Å²) < 4.78 is 7.76. The highest BCUT2D eigenvalue weighted by Gasteiger charge is 2.11. The normalized spacial score (nSPS) is 10.7. The van der Waals surface area contributed by atoms with Gasteiger partial charge in [-0.05, 0) is 48.5 Å². The Morgan fingerprint density at radius 1 is 1.10 bits per heavy atom. The summed E-state index contributed by atoms with van der Waals surface area (Å²) in [5.74, 6) is 0.688. The molecule has 0 N–H and O–H groups in total. The first kappa shape index (κ1) is 12.9. The number of halogens is 1. The Labute approximate surface area is 124 Å². The lowest BCUT2D eigenvalue weighted by molar-refractivity contribution is 0.0965. The molecular formula is C16H12BrNO2. The number of ether oxygens (including phenoxy) is 1. The molecule has 0 bridgehead atoms. The molecule has 1 heterocycles. The van der Waals surface area contributed by atoms with Crippen LogP contribution in [0.15, 0.2) is 59.2 Å². The van der Waals surface area contributed by atoms with Crippen molar-refractivity contribution in [1.82, 2.24) is 4.57 Å². The molecule has 0 aliphatic rings. The van der Waals surface area contributed by atoms with Gasteiger partial charge in [0.1, 0.15) is 5.75 Å². The van der Waals surface area contributed by atoms with Crippen LogP contribution in [0.1, 0.15) is 10.4 Å². The second-order valence-corrected chi connectivity index (χ2v) is 5.34. The molecule has 0 aliphatic carbocycles. The van der Waals surface area contributed by atoms with Crippen LogP contribution in [0.25, 0.3) is 10.9 Å². The van der Waals surface area contributed by atoms with Gasteiger partial charge in [-0.1, -0.05) is 15.9 Å². The smallest absolute Gasteiger partial charge is 0.262 e. The quantitative estimate of drug-likeness (QED) is 0.708. The molecule has 0 saturated carbocycles. The highest BCUT2D eigenvalue weighted by Crippen LogP contribution is 2.22. The van der Waals surface area contributed by atoms with Crippen LogP contribution in [0.4, 0.5) is 0 Å². The minimum Gasteiger partial charge on any atom is -0.497 e. The van der Waals surface area contributed by atoms with Gasteiger partial charge >= 0.3 is 0 Å². The first-order valence-corrected chi connectivity index (χ1v) is 6.94. The lowest BCUT2D eigenvalue weighted by Crippen LogP contribution is -2.10. The summed E-state index contributed by atoms with van der Waals surface area (Å²) in [6.07, 6.45) is 1.80. The highest BCUT2D eigenvalue weighted by atomic mass is 79.9. The maximum atomic E-state index is 12.5. The highest BCUT2D eigenvalue weighted by molar-refractivity contribution is 9.10. The first-order valence-electron chi connectivity index (χ1n) is 6.14. The zero-order chi connectivity index (χ0) is 14.1. The van der Waals surface area contributed by atoms with Crippen LogP contribution >= 0.6 is 15.9 Å². The molecule has 2 aromatic carbocycles. The fourth-order valence-corrected chi connectivity index (χ4v) is 2.54.